The normalized spacial score (nSPS) is 35.7. The maximum absolute atomic E-state index is 2.78. The van der Waals surface area contributed by atoms with Crippen LogP contribution in [0.3, 0.4) is 0 Å². The molecule has 4 aliphatic carbocycles. The molecule has 0 saturated heterocycles. The number of hydrogen-bond donors (Lipinski definition) is 0. The van der Waals surface area contributed by atoms with Crippen molar-refractivity contribution < 1.29 is 0 Å². The Morgan fingerprint density at radius 2 is 1.20 bits per heavy atom. The summed E-state index contributed by atoms with van der Waals surface area (Å²) < 4.78 is 0. The maximum Gasteiger partial charge on any atom is -0.00104 e. The average molecular weight is 359 g/mol. The second kappa shape index (κ2) is 8.29. The highest BCUT2D eigenvalue weighted by atomic mass is 31.1. The molecule has 0 aromatic heterocycles. The lowest BCUT2D eigenvalue weighted by atomic mass is 9.73. The lowest BCUT2D eigenvalue weighted by molar-refractivity contribution is 0.246. The molecule has 0 bridgehead atoms. The van der Waals surface area contributed by atoms with Gasteiger partial charge in [-0.25, -0.2) is 0 Å². The summed E-state index contributed by atoms with van der Waals surface area (Å²) in [5.74, 6) is 1.69. The van der Waals surface area contributed by atoms with E-state index in [0.717, 1.165) is 23.2 Å². The summed E-state index contributed by atoms with van der Waals surface area (Å²) in [6, 6.07) is 0. The van der Waals surface area contributed by atoms with E-state index in [4.69, 9.17) is 0 Å². The Bertz CT molecular complexity index is 450. The Morgan fingerprint density at radius 1 is 0.680 bits per heavy atom. The van der Waals surface area contributed by atoms with Crippen LogP contribution in [0.2, 0.25) is 0 Å². The van der Waals surface area contributed by atoms with E-state index < -0.39 is 0 Å². The Hall–Kier alpha value is -0.0900. The fourth-order valence-electron chi connectivity index (χ4n) is 6.84. The van der Waals surface area contributed by atoms with Crippen molar-refractivity contribution in [2.75, 3.05) is 0 Å². The quantitative estimate of drug-likeness (QED) is 0.449. The molecule has 0 aromatic rings. The van der Waals surface area contributed by atoms with E-state index in [1.54, 1.807) is 25.7 Å². The predicted octanol–water partition coefficient (Wildman–Crippen LogP) is 7.82. The van der Waals surface area contributed by atoms with Gasteiger partial charge in [0.05, 0.1) is 0 Å². The minimum Gasteiger partial charge on any atom is -0.0939 e. The largest absolute Gasteiger partial charge is 0.0939 e. The smallest absolute Gasteiger partial charge is 0.00104 e. The van der Waals surface area contributed by atoms with Crippen LogP contribution in [0.4, 0.5) is 0 Å². The van der Waals surface area contributed by atoms with Gasteiger partial charge in [0.1, 0.15) is 0 Å². The third kappa shape index (κ3) is 3.81. The molecule has 25 heavy (non-hydrogen) atoms. The highest BCUT2D eigenvalue weighted by Gasteiger charge is 2.50. The van der Waals surface area contributed by atoms with Crippen molar-refractivity contribution in [2.45, 2.75) is 113 Å². The first-order chi connectivity index (χ1) is 12.3. The topological polar surface area (TPSA) is 0 Å². The summed E-state index contributed by atoms with van der Waals surface area (Å²) >= 11 is 0. The van der Waals surface area contributed by atoms with Crippen LogP contribution in [0.25, 0.3) is 0 Å². The van der Waals surface area contributed by atoms with E-state index in [1.165, 1.54) is 64.2 Å². The molecule has 0 amide bonds. The lowest BCUT2D eigenvalue weighted by Gasteiger charge is -2.55. The van der Waals surface area contributed by atoms with Crippen molar-refractivity contribution in [3.8, 4) is 0 Å². The zero-order valence-corrected chi connectivity index (χ0v) is 17.4. The predicted molar refractivity (Wildman–Crippen MR) is 113 cm³/mol. The van der Waals surface area contributed by atoms with Gasteiger partial charge in [0, 0.05) is 0 Å². The van der Waals surface area contributed by atoms with Crippen LogP contribution in [0.15, 0.2) is 24.3 Å². The van der Waals surface area contributed by atoms with Gasteiger partial charge in [-0.05, 0) is 66.8 Å². The second-order valence-electron chi connectivity index (χ2n) is 9.55. The van der Waals surface area contributed by atoms with Gasteiger partial charge < -0.3 is 0 Å². The van der Waals surface area contributed by atoms with Gasteiger partial charge in [-0.15, -0.1) is 0 Å². The Morgan fingerprint density at radius 3 is 1.76 bits per heavy atom. The van der Waals surface area contributed by atoms with Crippen LogP contribution in [0, 0.1) is 11.8 Å². The van der Waals surface area contributed by atoms with Gasteiger partial charge >= 0.3 is 0 Å². The van der Waals surface area contributed by atoms with E-state index in [2.05, 4.69) is 31.2 Å². The molecular weight excluding hydrogens is 319 g/mol. The molecule has 4 rings (SSSR count). The molecule has 0 N–H and O–H groups in total. The zero-order valence-electron chi connectivity index (χ0n) is 16.5. The molecule has 0 nitrogen and oxygen atoms in total. The van der Waals surface area contributed by atoms with Crippen molar-refractivity contribution in [3.05, 3.63) is 24.3 Å². The molecule has 0 radical (unpaired) electrons. The first-order valence-electron chi connectivity index (χ1n) is 11.4. The molecule has 0 aliphatic heterocycles. The van der Waals surface area contributed by atoms with Gasteiger partial charge in [-0.1, -0.05) is 90.5 Å². The monoisotopic (exact) mass is 358 g/mol. The first kappa shape index (κ1) is 18.3. The van der Waals surface area contributed by atoms with Crippen LogP contribution in [-0.2, 0) is 0 Å². The molecule has 140 valence electrons. The van der Waals surface area contributed by atoms with E-state index in [1.807, 2.05) is 0 Å². The molecule has 4 aliphatic rings. The molecule has 0 spiro atoms. The van der Waals surface area contributed by atoms with E-state index in [-0.39, 0.29) is 7.92 Å². The van der Waals surface area contributed by atoms with E-state index >= 15 is 0 Å². The fraction of sp³-hybridized carbons (Fsp3) is 0.833. The fourth-order valence-corrected chi connectivity index (χ4v) is 12.0. The van der Waals surface area contributed by atoms with Gasteiger partial charge in [0.15, 0.2) is 0 Å². The summed E-state index contributed by atoms with van der Waals surface area (Å²) in [5, 5.41) is 0.654. The Balaban J connectivity index is 1.64. The van der Waals surface area contributed by atoms with E-state index in [0.29, 0.717) is 5.16 Å². The van der Waals surface area contributed by atoms with Crippen LogP contribution < -0.4 is 0 Å². The molecule has 1 heteroatoms. The summed E-state index contributed by atoms with van der Waals surface area (Å²) in [7, 11) is 0.180. The molecule has 3 saturated carbocycles. The minimum atomic E-state index is 0.180. The number of allylic oxidation sites excluding steroid dienone is 4. The molecule has 0 aromatic carbocycles. The highest BCUT2D eigenvalue weighted by molar-refractivity contribution is 7.60. The molecule has 3 fully saturated rings. The number of rotatable bonds is 4. The molecule has 2 unspecified atom stereocenters. The first-order valence-corrected chi connectivity index (χ1v) is 12.9. The lowest BCUT2D eigenvalue weighted by Crippen LogP contribution is -2.44. The average Bonchev–Trinajstić information content (AvgIpc) is 3.18. The van der Waals surface area contributed by atoms with Crippen molar-refractivity contribution in [1.29, 1.82) is 0 Å². The molecule has 0 heterocycles. The Labute approximate surface area is 157 Å². The molecular formula is C24H39P. The summed E-state index contributed by atoms with van der Waals surface area (Å²) in [6.07, 6.45) is 31.1. The minimum absolute atomic E-state index is 0.180. The van der Waals surface area contributed by atoms with Gasteiger partial charge in [0.2, 0.25) is 0 Å². The maximum atomic E-state index is 2.78. The van der Waals surface area contributed by atoms with Gasteiger partial charge in [-0.3, -0.25) is 0 Å². The second-order valence-corrected chi connectivity index (χ2v) is 12.8. The van der Waals surface area contributed by atoms with Gasteiger partial charge in [-0.2, -0.15) is 0 Å². The van der Waals surface area contributed by atoms with Crippen molar-refractivity contribution in [2.24, 2.45) is 11.8 Å². The summed E-state index contributed by atoms with van der Waals surface area (Å²) in [6.45, 7) is 2.78. The summed E-state index contributed by atoms with van der Waals surface area (Å²) in [5.41, 5.74) is 2.21. The van der Waals surface area contributed by atoms with Crippen LogP contribution in [-0.4, -0.2) is 16.5 Å². The number of hydrogen-bond acceptors (Lipinski definition) is 0. The van der Waals surface area contributed by atoms with Crippen molar-refractivity contribution in [3.63, 3.8) is 0 Å². The summed E-state index contributed by atoms with van der Waals surface area (Å²) in [4.78, 5) is 0. The van der Waals surface area contributed by atoms with Crippen LogP contribution >= 0.6 is 7.92 Å². The van der Waals surface area contributed by atoms with Crippen LogP contribution in [0.1, 0.15) is 96.8 Å². The SMILES string of the molecule is CC1(P(C2CCCCC2)C2CCCCC2)CCCCC1C1C=CC=C1. The highest BCUT2D eigenvalue weighted by Crippen LogP contribution is 2.69. The standard InChI is InChI=1S/C24H39P/c1-24(19-11-10-18-23(24)20-12-8-9-13-20)25(21-14-4-2-5-15-21)22-16-6-3-7-17-22/h8-9,12-13,20-23H,2-7,10-11,14-19H2,1H3. The van der Waals surface area contributed by atoms with Crippen molar-refractivity contribution >= 4 is 7.92 Å². The van der Waals surface area contributed by atoms with Gasteiger partial charge in [0.25, 0.3) is 0 Å². The third-order valence-corrected chi connectivity index (χ3v) is 12.4. The Kier molecular flexibility index (Phi) is 6.06. The molecule has 2 atom stereocenters. The third-order valence-electron chi connectivity index (χ3n) is 8.02. The van der Waals surface area contributed by atoms with E-state index in [9.17, 15) is 0 Å². The van der Waals surface area contributed by atoms with Crippen molar-refractivity contribution in [1.82, 2.24) is 0 Å². The zero-order chi connectivity index (χ0) is 17.1. The van der Waals surface area contributed by atoms with Crippen LogP contribution in [0.5, 0.6) is 0 Å².